The molecular weight excluding hydrogens is 362 g/mol. The van der Waals surface area contributed by atoms with E-state index in [1.807, 2.05) is 36.5 Å². The molecule has 132 valence electrons. The molecule has 0 aliphatic rings. The second-order valence-electron chi connectivity index (χ2n) is 5.62. The largest absolute Gasteiger partial charge is 0.411 e. The number of amides is 1. The third-order valence-electron chi connectivity index (χ3n) is 3.87. The number of fused-ring (bicyclic) bond motifs is 1. The van der Waals surface area contributed by atoms with Gasteiger partial charge in [-0.05, 0) is 18.2 Å². The monoisotopic (exact) mass is 375 g/mol. The van der Waals surface area contributed by atoms with E-state index in [0.29, 0.717) is 22.4 Å². The molecule has 0 atom stereocenters. The van der Waals surface area contributed by atoms with Gasteiger partial charge in [-0.25, -0.2) is 0 Å². The van der Waals surface area contributed by atoms with Crippen LogP contribution in [-0.4, -0.2) is 26.8 Å². The van der Waals surface area contributed by atoms with Crippen LogP contribution in [0.25, 0.3) is 22.4 Å². The van der Waals surface area contributed by atoms with Crippen molar-refractivity contribution in [2.75, 3.05) is 11.1 Å². The van der Waals surface area contributed by atoms with Crippen LogP contribution in [0.5, 0.6) is 0 Å². The molecule has 7 nitrogen and oxygen atoms in total. The van der Waals surface area contributed by atoms with Gasteiger partial charge in [0.25, 0.3) is 11.1 Å². The van der Waals surface area contributed by atoms with Crippen LogP contribution in [-0.2, 0) is 4.79 Å². The van der Waals surface area contributed by atoms with Crippen molar-refractivity contribution in [2.45, 2.75) is 5.22 Å². The van der Waals surface area contributed by atoms with Crippen LogP contribution in [0.4, 0.5) is 5.69 Å². The lowest BCUT2D eigenvalue weighted by molar-refractivity contribution is -0.113. The minimum atomic E-state index is -0.255. The summed E-state index contributed by atoms with van der Waals surface area (Å²) in [5.41, 5.74) is 2.69. The first-order chi connectivity index (χ1) is 13.2. The van der Waals surface area contributed by atoms with Crippen molar-refractivity contribution in [1.82, 2.24) is 15.2 Å². The molecule has 4 rings (SSSR count). The fourth-order valence-corrected chi connectivity index (χ4v) is 3.19. The Balaban J connectivity index is 1.43. The van der Waals surface area contributed by atoms with Crippen LogP contribution < -0.4 is 5.32 Å². The Bertz CT molecular complexity index is 1160. The van der Waals surface area contributed by atoms with Gasteiger partial charge in [-0.15, -0.1) is 10.2 Å². The average Bonchev–Trinajstić information content (AvgIpc) is 3.33. The van der Waals surface area contributed by atoms with E-state index in [9.17, 15) is 4.79 Å². The highest BCUT2D eigenvalue weighted by Crippen LogP contribution is 2.29. The molecule has 0 aliphatic heterocycles. The molecule has 2 aromatic carbocycles. The van der Waals surface area contributed by atoms with E-state index in [1.165, 1.54) is 0 Å². The summed E-state index contributed by atoms with van der Waals surface area (Å²) in [4.78, 5) is 15.3. The number of H-pyrrole nitrogens is 1. The minimum Gasteiger partial charge on any atom is -0.411 e. The van der Waals surface area contributed by atoms with Crippen molar-refractivity contribution in [3.8, 4) is 17.5 Å². The fourth-order valence-electron chi connectivity index (χ4n) is 2.63. The molecule has 0 saturated carbocycles. The first-order valence-electron chi connectivity index (χ1n) is 8.06. The van der Waals surface area contributed by atoms with Gasteiger partial charge in [0, 0.05) is 17.1 Å². The summed E-state index contributed by atoms with van der Waals surface area (Å²) < 4.78 is 5.67. The number of rotatable bonds is 5. The minimum absolute atomic E-state index is 0.0925. The number of carbonyl (C=O) groups excluding carboxylic acids is 1. The molecule has 1 amide bonds. The van der Waals surface area contributed by atoms with Gasteiger partial charge in [0.1, 0.15) is 6.07 Å². The zero-order valence-electron chi connectivity index (χ0n) is 14.0. The standard InChI is InChI=1S/C19H13N5O2S/c20-9-12-5-1-3-7-15(12)22-17(25)11-27-19-24-23-18(26-19)14-10-21-16-8-4-2-6-13(14)16/h1-8,10,21H,11H2,(H,22,25). The Morgan fingerprint density at radius 1 is 1.19 bits per heavy atom. The summed E-state index contributed by atoms with van der Waals surface area (Å²) in [6, 6.07) is 16.7. The maximum absolute atomic E-state index is 12.1. The third kappa shape index (κ3) is 3.54. The molecule has 4 aromatic rings. The summed E-state index contributed by atoms with van der Waals surface area (Å²) in [6.07, 6.45) is 1.82. The molecule has 2 heterocycles. The number of nitrogens with zero attached hydrogens (tertiary/aromatic N) is 3. The maximum atomic E-state index is 12.1. The molecule has 0 aliphatic carbocycles. The van der Waals surface area contributed by atoms with Gasteiger partial charge in [-0.3, -0.25) is 4.79 Å². The van der Waals surface area contributed by atoms with E-state index in [1.54, 1.807) is 24.3 Å². The predicted octanol–water partition coefficient (Wildman–Crippen LogP) is 3.82. The molecule has 27 heavy (non-hydrogen) atoms. The smallest absolute Gasteiger partial charge is 0.277 e. The van der Waals surface area contributed by atoms with Crippen molar-refractivity contribution in [3.05, 3.63) is 60.3 Å². The topological polar surface area (TPSA) is 108 Å². The molecule has 0 unspecified atom stereocenters. The number of nitriles is 1. The summed E-state index contributed by atoms with van der Waals surface area (Å²) in [5, 5.41) is 21.1. The second kappa shape index (κ2) is 7.35. The van der Waals surface area contributed by atoms with E-state index in [0.717, 1.165) is 28.2 Å². The van der Waals surface area contributed by atoms with Gasteiger partial charge in [0.2, 0.25) is 5.91 Å². The Labute approximate surface area is 158 Å². The number of benzene rings is 2. The highest BCUT2D eigenvalue weighted by atomic mass is 32.2. The first-order valence-corrected chi connectivity index (χ1v) is 9.05. The normalized spacial score (nSPS) is 10.6. The molecule has 0 spiro atoms. The Kier molecular flexibility index (Phi) is 4.60. The summed E-state index contributed by atoms with van der Waals surface area (Å²) in [6.45, 7) is 0. The van der Waals surface area contributed by atoms with Crippen LogP contribution in [0, 0.1) is 11.3 Å². The number of aromatic amines is 1. The second-order valence-corrected chi connectivity index (χ2v) is 6.54. The van der Waals surface area contributed by atoms with Crippen molar-refractivity contribution in [2.24, 2.45) is 0 Å². The Morgan fingerprint density at radius 2 is 2.00 bits per heavy atom. The number of aromatic nitrogens is 3. The lowest BCUT2D eigenvalue weighted by Gasteiger charge is -2.05. The number of nitrogens with one attached hydrogen (secondary N) is 2. The third-order valence-corrected chi connectivity index (χ3v) is 4.69. The summed E-state index contributed by atoms with van der Waals surface area (Å²) in [5.74, 6) is 0.231. The fraction of sp³-hybridized carbons (Fsp3) is 0.0526. The number of para-hydroxylation sites is 2. The van der Waals surface area contributed by atoms with Gasteiger partial charge >= 0.3 is 0 Å². The molecule has 0 fully saturated rings. The number of carbonyl (C=O) groups is 1. The van der Waals surface area contributed by atoms with Crippen molar-refractivity contribution in [3.63, 3.8) is 0 Å². The highest BCUT2D eigenvalue weighted by molar-refractivity contribution is 7.99. The molecular formula is C19H13N5O2S. The average molecular weight is 375 g/mol. The Morgan fingerprint density at radius 3 is 2.89 bits per heavy atom. The number of anilines is 1. The zero-order valence-corrected chi connectivity index (χ0v) is 14.8. The molecule has 8 heteroatoms. The number of hydrogen-bond donors (Lipinski definition) is 2. The predicted molar refractivity (Wildman–Crippen MR) is 102 cm³/mol. The van der Waals surface area contributed by atoms with E-state index in [2.05, 4.69) is 20.5 Å². The maximum Gasteiger partial charge on any atom is 0.277 e. The van der Waals surface area contributed by atoms with Gasteiger partial charge < -0.3 is 14.7 Å². The zero-order chi connectivity index (χ0) is 18.6. The molecule has 0 saturated heterocycles. The van der Waals surface area contributed by atoms with E-state index < -0.39 is 0 Å². The van der Waals surface area contributed by atoms with Gasteiger partial charge in [0.15, 0.2) is 0 Å². The SMILES string of the molecule is N#Cc1ccccc1NC(=O)CSc1nnc(-c2c[nH]c3ccccc23)o1. The van der Waals surface area contributed by atoms with E-state index in [4.69, 9.17) is 9.68 Å². The molecule has 0 bridgehead atoms. The first kappa shape index (κ1) is 16.9. The van der Waals surface area contributed by atoms with Crippen LogP contribution in [0.3, 0.4) is 0 Å². The lowest BCUT2D eigenvalue weighted by atomic mass is 10.2. The van der Waals surface area contributed by atoms with E-state index >= 15 is 0 Å². The van der Waals surface area contributed by atoms with Crippen LogP contribution in [0.1, 0.15) is 5.56 Å². The van der Waals surface area contributed by atoms with Gasteiger partial charge in [0.05, 0.1) is 22.6 Å². The molecule has 2 aromatic heterocycles. The number of thioether (sulfide) groups is 1. The molecule has 2 N–H and O–H groups in total. The number of hydrogen-bond acceptors (Lipinski definition) is 6. The Hall–Kier alpha value is -3.57. The van der Waals surface area contributed by atoms with Crippen LogP contribution >= 0.6 is 11.8 Å². The molecule has 0 radical (unpaired) electrons. The summed E-state index contributed by atoms with van der Waals surface area (Å²) >= 11 is 1.14. The van der Waals surface area contributed by atoms with Crippen LogP contribution in [0.2, 0.25) is 0 Å². The van der Waals surface area contributed by atoms with Gasteiger partial charge in [-0.1, -0.05) is 42.1 Å². The summed E-state index contributed by atoms with van der Waals surface area (Å²) in [7, 11) is 0. The van der Waals surface area contributed by atoms with Crippen molar-refractivity contribution >= 4 is 34.3 Å². The van der Waals surface area contributed by atoms with Crippen molar-refractivity contribution in [1.29, 1.82) is 5.26 Å². The lowest BCUT2D eigenvalue weighted by Crippen LogP contribution is -2.14. The van der Waals surface area contributed by atoms with E-state index in [-0.39, 0.29) is 11.7 Å². The quantitative estimate of drug-likeness (QED) is 0.514. The van der Waals surface area contributed by atoms with Gasteiger partial charge in [-0.2, -0.15) is 5.26 Å². The highest BCUT2D eigenvalue weighted by Gasteiger charge is 2.15. The van der Waals surface area contributed by atoms with Crippen molar-refractivity contribution < 1.29 is 9.21 Å². The van der Waals surface area contributed by atoms with Crippen LogP contribution in [0.15, 0.2) is 64.4 Å².